The van der Waals surface area contributed by atoms with Crippen LogP contribution in [0.3, 0.4) is 0 Å². The summed E-state index contributed by atoms with van der Waals surface area (Å²) in [5.41, 5.74) is 3.39. The molecular formula is C18H10Cl4N2O2. The molecule has 1 aromatic heterocycles. The molecule has 8 heteroatoms. The minimum atomic E-state index is -0.426. The SMILES string of the molecule is O=C(N/N=C\c1ccc(-c2cc(Cl)ccc2Cl)o1)c1ccc(Cl)c(Cl)c1. The topological polar surface area (TPSA) is 54.6 Å². The van der Waals surface area contributed by atoms with Crippen molar-refractivity contribution >= 4 is 58.5 Å². The second-order valence-corrected chi connectivity index (χ2v) is 6.81. The lowest BCUT2D eigenvalue weighted by Crippen LogP contribution is -2.17. The Morgan fingerprint density at radius 2 is 1.69 bits per heavy atom. The highest BCUT2D eigenvalue weighted by atomic mass is 35.5. The van der Waals surface area contributed by atoms with Gasteiger partial charge >= 0.3 is 0 Å². The van der Waals surface area contributed by atoms with Gasteiger partial charge in [0.1, 0.15) is 11.5 Å². The number of hydrogen-bond acceptors (Lipinski definition) is 3. The summed E-state index contributed by atoms with van der Waals surface area (Å²) in [6.45, 7) is 0. The lowest BCUT2D eigenvalue weighted by Gasteiger charge is -2.01. The normalized spacial score (nSPS) is 11.1. The van der Waals surface area contributed by atoms with Gasteiger partial charge in [-0.15, -0.1) is 0 Å². The average Bonchev–Trinajstić information content (AvgIpc) is 3.08. The van der Waals surface area contributed by atoms with Crippen LogP contribution >= 0.6 is 46.4 Å². The molecule has 0 bridgehead atoms. The van der Waals surface area contributed by atoms with E-state index in [2.05, 4.69) is 10.5 Å². The molecule has 0 atom stereocenters. The minimum absolute atomic E-state index is 0.289. The van der Waals surface area contributed by atoms with E-state index >= 15 is 0 Å². The molecule has 4 nitrogen and oxygen atoms in total. The number of furan rings is 1. The second-order valence-electron chi connectivity index (χ2n) is 5.15. The van der Waals surface area contributed by atoms with Gasteiger partial charge in [-0.2, -0.15) is 5.10 Å². The van der Waals surface area contributed by atoms with Crippen molar-refractivity contribution in [3.05, 3.63) is 79.9 Å². The largest absolute Gasteiger partial charge is 0.455 e. The van der Waals surface area contributed by atoms with Gasteiger partial charge in [0, 0.05) is 16.1 Å². The third-order valence-electron chi connectivity index (χ3n) is 3.36. The first-order valence-corrected chi connectivity index (χ1v) is 8.79. The van der Waals surface area contributed by atoms with Crippen LogP contribution in [0, 0.1) is 0 Å². The van der Waals surface area contributed by atoms with Crippen molar-refractivity contribution in [3.63, 3.8) is 0 Å². The molecule has 0 aliphatic rings. The fraction of sp³-hybridized carbons (Fsp3) is 0. The number of hydrogen-bond donors (Lipinski definition) is 1. The quantitative estimate of drug-likeness (QED) is 0.391. The van der Waals surface area contributed by atoms with Gasteiger partial charge in [-0.1, -0.05) is 46.4 Å². The molecule has 3 aromatic rings. The number of benzene rings is 2. The first kappa shape index (κ1) is 18.8. The summed E-state index contributed by atoms with van der Waals surface area (Å²) >= 11 is 23.8. The second kappa shape index (κ2) is 8.14. The number of rotatable bonds is 4. The van der Waals surface area contributed by atoms with Gasteiger partial charge in [0.05, 0.1) is 21.3 Å². The van der Waals surface area contributed by atoms with Gasteiger partial charge in [-0.3, -0.25) is 4.79 Å². The molecule has 132 valence electrons. The van der Waals surface area contributed by atoms with Crippen molar-refractivity contribution < 1.29 is 9.21 Å². The van der Waals surface area contributed by atoms with E-state index in [1.54, 1.807) is 36.4 Å². The molecule has 0 saturated carbocycles. The summed E-state index contributed by atoms with van der Waals surface area (Å²) in [7, 11) is 0. The van der Waals surface area contributed by atoms with E-state index < -0.39 is 5.91 Å². The number of carbonyl (C=O) groups is 1. The predicted molar refractivity (Wildman–Crippen MR) is 106 cm³/mol. The Morgan fingerprint density at radius 3 is 2.46 bits per heavy atom. The summed E-state index contributed by atoms with van der Waals surface area (Å²) in [6.07, 6.45) is 1.37. The van der Waals surface area contributed by atoms with Crippen LogP contribution in [0.1, 0.15) is 16.1 Å². The van der Waals surface area contributed by atoms with Crippen LogP contribution in [0.2, 0.25) is 20.1 Å². The average molecular weight is 428 g/mol. The minimum Gasteiger partial charge on any atom is -0.455 e. The fourth-order valence-corrected chi connectivity index (χ4v) is 2.79. The van der Waals surface area contributed by atoms with Gasteiger partial charge in [0.2, 0.25) is 0 Å². The molecule has 0 aliphatic heterocycles. The van der Waals surface area contributed by atoms with Crippen LogP contribution < -0.4 is 5.43 Å². The Morgan fingerprint density at radius 1 is 0.923 bits per heavy atom. The molecule has 0 spiro atoms. The lowest BCUT2D eigenvalue weighted by molar-refractivity contribution is 0.0955. The molecule has 0 saturated heterocycles. The third-order valence-corrected chi connectivity index (χ3v) is 4.66. The first-order chi connectivity index (χ1) is 12.4. The molecular weight excluding hydrogens is 418 g/mol. The number of nitrogens with one attached hydrogen (secondary N) is 1. The zero-order valence-corrected chi connectivity index (χ0v) is 16.0. The Bertz CT molecular complexity index is 999. The molecule has 0 unspecified atom stereocenters. The Kier molecular flexibility index (Phi) is 5.89. The molecule has 1 amide bonds. The van der Waals surface area contributed by atoms with Crippen LogP contribution in [0.15, 0.2) is 58.0 Å². The molecule has 0 aliphatic carbocycles. The summed E-state index contributed by atoms with van der Waals surface area (Å²) in [4.78, 5) is 12.0. The third kappa shape index (κ3) is 4.40. The van der Waals surface area contributed by atoms with Crippen molar-refractivity contribution in [1.29, 1.82) is 0 Å². The Labute approximate surface area is 169 Å². The van der Waals surface area contributed by atoms with Gasteiger partial charge < -0.3 is 4.42 Å². The smallest absolute Gasteiger partial charge is 0.271 e. The predicted octanol–water partition coefficient (Wildman–Crippen LogP) is 6.32. The van der Waals surface area contributed by atoms with Crippen LogP contribution in [-0.2, 0) is 0 Å². The number of nitrogens with zero attached hydrogens (tertiary/aromatic N) is 1. The van der Waals surface area contributed by atoms with Gasteiger partial charge in [-0.25, -0.2) is 5.43 Å². The van der Waals surface area contributed by atoms with E-state index in [1.165, 1.54) is 18.3 Å². The fourth-order valence-electron chi connectivity index (χ4n) is 2.11. The molecule has 1 N–H and O–H groups in total. The number of amides is 1. The lowest BCUT2D eigenvalue weighted by atomic mass is 10.2. The van der Waals surface area contributed by atoms with Crippen molar-refractivity contribution in [2.45, 2.75) is 0 Å². The zero-order chi connectivity index (χ0) is 18.7. The maximum absolute atomic E-state index is 12.0. The van der Waals surface area contributed by atoms with Crippen LogP contribution in [0.5, 0.6) is 0 Å². The molecule has 2 aromatic carbocycles. The van der Waals surface area contributed by atoms with Gasteiger partial charge in [0.15, 0.2) is 0 Å². The summed E-state index contributed by atoms with van der Waals surface area (Å²) in [6, 6.07) is 13.1. The van der Waals surface area contributed by atoms with Crippen molar-refractivity contribution in [1.82, 2.24) is 5.43 Å². The van der Waals surface area contributed by atoms with Crippen molar-refractivity contribution in [2.24, 2.45) is 5.10 Å². The van der Waals surface area contributed by atoms with Crippen LogP contribution in [0.4, 0.5) is 0 Å². The summed E-state index contributed by atoms with van der Waals surface area (Å²) in [5.74, 6) is 0.546. The molecule has 26 heavy (non-hydrogen) atoms. The van der Waals surface area contributed by atoms with Crippen LogP contribution in [0.25, 0.3) is 11.3 Å². The highest BCUT2D eigenvalue weighted by Crippen LogP contribution is 2.31. The Balaban J connectivity index is 1.70. The van der Waals surface area contributed by atoms with E-state index in [4.69, 9.17) is 50.8 Å². The van der Waals surface area contributed by atoms with Crippen LogP contribution in [-0.4, -0.2) is 12.1 Å². The summed E-state index contributed by atoms with van der Waals surface area (Å²) < 4.78 is 5.65. The monoisotopic (exact) mass is 426 g/mol. The number of carbonyl (C=O) groups excluding carboxylic acids is 1. The highest BCUT2D eigenvalue weighted by molar-refractivity contribution is 6.42. The number of hydrazone groups is 1. The van der Waals surface area contributed by atoms with Gasteiger partial charge in [0.25, 0.3) is 5.91 Å². The summed E-state index contributed by atoms with van der Waals surface area (Å²) in [5, 5.41) is 5.58. The van der Waals surface area contributed by atoms with Crippen molar-refractivity contribution in [3.8, 4) is 11.3 Å². The Hall–Kier alpha value is -1.98. The van der Waals surface area contributed by atoms with Crippen molar-refractivity contribution in [2.75, 3.05) is 0 Å². The maximum Gasteiger partial charge on any atom is 0.271 e. The maximum atomic E-state index is 12.0. The van der Waals surface area contributed by atoms with E-state index in [-0.39, 0.29) is 5.02 Å². The molecule has 0 fully saturated rings. The number of halogens is 4. The van der Waals surface area contributed by atoms with E-state index in [9.17, 15) is 4.79 Å². The molecule has 1 heterocycles. The van der Waals surface area contributed by atoms with E-state index in [1.807, 2.05) is 0 Å². The highest BCUT2D eigenvalue weighted by Gasteiger charge is 2.10. The standard InChI is InChI=1S/C18H10Cl4N2O2/c19-11-2-5-14(20)13(8-11)17-6-3-12(26-17)9-23-24-18(25)10-1-4-15(21)16(22)7-10/h1-9H,(H,24,25)/b23-9-. The first-order valence-electron chi connectivity index (χ1n) is 7.28. The van der Waals surface area contributed by atoms with Gasteiger partial charge in [-0.05, 0) is 48.5 Å². The van der Waals surface area contributed by atoms with E-state index in [0.717, 1.165) is 0 Å². The zero-order valence-electron chi connectivity index (χ0n) is 13.0. The molecule has 3 rings (SSSR count). The molecule has 0 radical (unpaired) electrons. The van der Waals surface area contributed by atoms with E-state index in [0.29, 0.717) is 37.7 Å².